The summed E-state index contributed by atoms with van der Waals surface area (Å²) in [4.78, 5) is 40.5. The summed E-state index contributed by atoms with van der Waals surface area (Å²) in [7, 11) is 0. The van der Waals surface area contributed by atoms with Gasteiger partial charge in [0.2, 0.25) is 11.6 Å². The van der Waals surface area contributed by atoms with E-state index in [2.05, 4.69) is 10.6 Å². The summed E-state index contributed by atoms with van der Waals surface area (Å²) in [6, 6.07) is 20.8. The van der Waals surface area contributed by atoms with Crippen molar-refractivity contribution >= 4 is 34.0 Å². The Hall–Kier alpha value is -3.51. The van der Waals surface area contributed by atoms with Gasteiger partial charge in [-0.15, -0.1) is 0 Å². The minimum absolute atomic E-state index is 0.0449. The molecule has 184 valence electrons. The van der Waals surface area contributed by atoms with Crippen LogP contribution in [0.2, 0.25) is 0 Å². The summed E-state index contributed by atoms with van der Waals surface area (Å²) in [6.07, 6.45) is 4.25. The summed E-state index contributed by atoms with van der Waals surface area (Å²) in [5.41, 5.74) is 0.626. The summed E-state index contributed by atoms with van der Waals surface area (Å²) in [5, 5.41) is 19.4. The molecule has 2 fully saturated rings. The van der Waals surface area contributed by atoms with E-state index in [1.54, 1.807) is 12.1 Å². The number of ketones is 2. The van der Waals surface area contributed by atoms with Gasteiger partial charge in [-0.2, -0.15) is 0 Å². The van der Waals surface area contributed by atoms with Gasteiger partial charge in [0.05, 0.1) is 0 Å². The quantitative estimate of drug-likeness (QED) is 0.311. The van der Waals surface area contributed by atoms with Crippen molar-refractivity contribution in [1.29, 1.82) is 0 Å². The Bertz CT molecular complexity index is 1360. The predicted octanol–water partition coefficient (Wildman–Crippen LogP) is 4.94. The van der Waals surface area contributed by atoms with Crippen LogP contribution in [0.3, 0.4) is 0 Å². The Kier molecular flexibility index (Phi) is 5.64. The lowest BCUT2D eigenvalue weighted by Gasteiger charge is -2.46. The predicted molar refractivity (Wildman–Crippen MR) is 138 cm³/mol. The number of hydrogen-bond donors (Lipinski definition) is 3. The third-order valence-corrected chi connectivity index (χ3v) is 8.31. The van der Waals surface area contributed by atoms with E-state index in [0.29, 0.717) is 10.9 Å². The minimum Gasteiger partial charge on any atom is -0.480 e. The fourth-order valence-electron chi connectivity index (χ4n) is 6.55. The molecule has 0 bridgehead atoms. The SMILES string of the molecule is O=C(CC(NC1CC1)(C(=O)O)C1c2ccccc2N[C@@H]2CCC[C@H]12)C(=O)c1cccc2ccccc12. The van der Waals surface area contributed by atoms with Gasteiger partial charge in [0, 0.05) is 35.7 Å². The third-order valence-electron chi connectivity index (χ3n) is 8.31. The fourth-order valence-corrected chi connectivity index (χ4v) is 6.55. The normalized spacial score (nSPS) is 24.3. The van der Waals surface area contributed by atoms with Crippen molar-refractivity contribution in [3.05, 3.63) is 77.9 Å². The Morgan fingerprint density at radius 1 is 0.917 bits per heavy atom. The van der Waals surface area contributed by atoms with Crippen molar-refractivity contribution < 1.29 is 19.5 Å². The minimum atomic E-state index is -1.55. The number of Topliss-reactive ketones (excluding diaryl/α,β-unsaturated/α-hetero) is 2. The number of carboxylic acid groups (broad SMARTS) is 1. The molecule has 0 spiro atoms. The maximum atomic E-state index is 13.7. The second-order valence-corrected chi connectivity index (χ2v) is 10.6. The molecule has 3 aromatic rings. The van der Waals surface area contributed by atoms with Gasteiger partial charge in [0.15, 0.2) is 0 Å². The largest absolute Gasteiger partial charge is 0.480 e. The number of aliphatic carboxylic acids is 1. The van der Waals surface area contributed by atoms with Crippen molar-refractivity contribution in [2.45, 2.75) is 62.1 Å². The van der Waals surface area contributed by atoms with E-state index in [0.717, 1.165) is 48.7 Å². The highest BCUT2D eigenvalue weighted by molar-refractivity contribution is 6.46. The molecule has 4 atom stereocenters. The molecule has 1 heterocycles. The zero-order valence-corrected chi connectivity index (χ0v) is 20.1. The number of para-hydroxylation sites is 1. The summed E-state index contributed by atoms with van der Waals surface area (Å²) >= 11 is 0. The highest BCUT2D eigenvalue weighted by atomic mass is 16.4. The van der Waals surface area contributed by atoms with Crippen molar-refractivity contribution in [2.24, 2.45) is 5.92 Å². The molecule has 0 saturated heterocycles. The standard InChI is InChI=1S/C30H30N2O4/c33-26(28(34)21-11-5-8-18-7-1-2-9-20(18)21)17-30(29(35)36,32-19-15-16-19)27-22-10-3-4-13-24(22)31-25-14-6-12-23(25)27/h1-5,7-11,13,19,23,25,27,31-32H,6,12,14-17H2,(H,35,36)/t23-,25+,27?,30?/m0/s1. The van der Waals surface area contributed by atoms with E-state index < -0.39 is 29.0 Å². The van der Waals surface area contributed by atoms with Crippen molar-refractivity contribution in [2.75, 3.05) is 5.32 Å². The van der Waals surface area contributed by atoms with Crippen LogP contribution < -0.4 is 10.6 Å². The zero-order chi connectivity index (χ0) is 24.9. The van der Waals surface area contributed by atoms with E-state index in [9.17, 15) is 19.5 Å². The first-order valence-electron chi connectivity index (χ1n) is 12.9. The molecule has 0 amide bonds. The Morgan fingerprint density at radius 3 is 2.47 bits per heavy atom. The highest BCUT2D eigenvalue weighted by Gasteiger charge is 2.57. The van der Waals surface area contributed by atoms with Gasteiger partial charge in [-0.05, 0) is 54.0 Å². The molecule has 0 radical (unpaired) electrons. The molecule has 3 aromatic carbocycles. The van der Waals surface area contributed by atoms with Crippen LogP contribution in [0, 0.1) is 5.92 Å². The molecule has 2 aliphatic carbocycles. The van der Waals surface area contributed by atoms with Crippen molar-refractivity contribution in [3.63, 3.8) is 0 Å². The maximum absolute atomic E-state index is 13.7. The molecule has 3 N–H and O–H groups in total. The Balaban J connectivity index is 1.43. The second-order valence-electron chi connectivity index (χ2n) is 10.6. The average molecular weight is 483 g/mol. The van der Waals surface area contributed by atoms with Crippen LogP contribution in [0.4, 0.5) is 5.69 Å². The topological polar surface area (TPSA) is 95.5 Å². The number of nitrogens with one attached hydrogen (secondary N) is 2. The van der Waals surface area contributed by atoms with Crippen LogP contribution in [0.1, 0.15) is 60.4 Å². The van der Waals surface area contributed by atoms with Gasteiger partial charge in [0.1, 0.15) is 5.54 Å². The number of hydrogen-bond acceptors (Lipinski definition) is 5. The summed E-state index contributed by atoms with van der Waals surface area (Å²) < 4.78 is 0. The van der Waals surface area contributed by atoms with E-state index in [1.165, 1.54) is 0 Å². The van der Waals surface area contributed by atoms with E-state index >= 15 is 0 Å². The molecule has 36 heavy (non-hydrogen) atoms. The molecule has 1 aliphatic heterocycles. The number of benzene rings is 3. The number of carbonyl (C=O) groups excluding carboxylic acids is 2. The molecule has 0 aromatic heterocycles. The van der Waals surface area contributed by atoms with Crippen LogP contribution in [-0.2, 0) is 9.59 Å². The van der Waals surface area contributed by atoms with E-state index in [4.69, 9.17) is 0 Å². The first-order valence-corrected chi connectivity index (χ1v) is 12.9. The van der Waals surface area contributed by atoms with Gasteiger partial charge in [0.25, 0.3) is 0 Å². The molecule has 6 rings (SSSR count). The number of carbonyl (C=O) groups is 3. The molecule has 3 aliphatic rings. The zero-order valence-electron chi connectivity index (χ0n) is 20.1. The van der Waals surface area contributed by atoms with Gasteiger partial charge >= 0.3 is 5.97 Å². The second kappa shape index (κ2) is 8.86. The lowest BCUT2D eigenvalue weighted by molar-refractivity contribution is -0.149. The van der Waals surface area contributed by atoms with Gasteiger partial charge < -0.3 is 10.4 Å². The third kappa shape index (κ3) is 3.80. The Labute approximate surface area is 210 Å². The van der Waals surface area contributed by atoms with Crippen LogP contribution >= 0.6 is 0 Å². The first kappa shape index (κ1) is 22.9. The smallest absolute Gasteiger partial charge is 0.325 e. The van der Waals surface area contributed by atoms with Crippen molar-refractivity contribution in [1.82, 2.24) is 5.32 Å². The van der Waals surface area contributed by atoms with Gasteiger partial charge in [-0.3, -0.25) is 19.7 Å². The van der Waals surface area contributed by atoms with Crippen LogP contribution in [0.15, 0.2) is 66.7 Å². The lowest BCUT2D eigenvalue weighted by atomic mass is 9.65. The van der Waals surface area contributed by atoms with Crippen LogP contribution in [0.5, 0.6) is 0 Å². The number of rotatable bonds is 8. The highest BCUT2D eigenvalue weighted by Crippen LogP contribution is 2.52. The molecule has 2 saturated carbocycles. The number of fused-ring (bicyclic) bond motifs is 3. The monoisotopic (exact) mass is 482 g/mol. The molecular formula is C30H30N2O4. The summed E-state index contributed by atoms with van der Waals surface area (Å²) in [6.45, 7) is 0. The number of carboxylic acids is 1. The van der Waals surface area contributed by atoms with E-state index in [-0.39, 0.29) is 24.4 Å². The average Bonchev–Trinajstić information content (AvgIpc) is 3.59. The molecule has 6 heteroatoms. The molecule has 6 nitrogen and oxygen atoms in total. The van der Waals surface area contributed by atoms with Crippen molar-refractivity contribution in [3.8, 4) is 0 Å². The number of anilines is 1. The van der Waals surface area contributed by atoms with Gasteiger partial charge in [-0.25, -0.2) is 0 Å². The first-order chi connectivity index (χ1) is 17.5. The Morgan fingerprint density at radius 2 is 1.67 bits per heavy atom. The fraction of sp³-hybridized carbons (Fsp3) is 0.367. The van der Waals surface area contributed by atoms with Crippen LogP contribution in [-0.4, -0.2) is 40.3 Å². The van der Waals surface area contributed by atoms with Crippen LogP contribution in [0.25, 0.3) is 10.8 Å². The maximum Gasteiger partial charge on any atom is 0.325 e. The molecular weight excluding hydrogens is 452 g/mol. The van der Waals surface area contributed by atoms with Gasteiger partial charge in [-0.1, -0.05) is 67.1 Å². The molecule has 2 unspecified atom stereocenters. The lowest BCUT2D eigenvalue weighted by Crippen LogP contribution is -2.62. The summed E-state index contributed by atoms with van der Waals surface area (Å²) in [5.74, 6) is -2.68. The van der Waals surface area contributed by atoms with E-state index in [1.807, 2.05) is 54.6 Å².